The van der Waals surface area contributed by atoms with E-state index in [-0.39, 0.29) is 12.5 Å². The highest BCUT2D eigenvalue weighted by Gasteiger charge is 2.43. The molecule has 0 saturated carbocycles. The first-order valence-corrected chi connectivity index (χ1v) is 9.29. The van der Waals surface area contributed by atoms with Crippen molar-refractivity contribution in [1.82, 2.24) is 9.97 Å². The molecule has 27 heavy (non-hydrogen) atoms. The molecule has 0 bridgehead atoms. The SMILES string of the molecule is C=CCOC(=O)Nc1nc2cc3c(cc2[nH]1)C(C)(C)C(=O)N3CCCCC. The van der Waals surface area contributed by atoms with E-state index in [9.17, 15) is 9.59 Å². The van der Waals surface area contributed by atoms with Crippen molar-refractivity contribution in [3.63, 3.8) is 0 Å². The standard InChI is InChI=1S/C20H26N4O3/c1-5-7-8-9-24-16-12-15-14(11-13(16)20(3,4)17(24)25)21-18(22-15)23-19(26)27-10-6-2/h6,11-12H,2,5,7-10H2,1,3-4H3,(H2,21,22,23,26). The van der Waals surface area contributed by atoms with E-state index in [0.29, 0.717) is 18.0 Å². The number of carbonyl (C=O) groups excluding carboxylic acids is 2. The van der Waals surface area contributed by atoms with E-state index in [1.54, 1.807) is 0 Å². The number of unbranched alkanes of at least 4 members (excludes halogenated alkanes) is 2. The van der Waals surface area contributed by atoms with Gasteiger partial charge in [-0.25, -0.2) is 9.78 Å². The number of hydrogen-bond acceptors (Lipinski definition) is 4. The van der Waals surface area contributed by atoms with Crippen LogP contribution in [0.3, 0.4) is 0 Å². The third-order valence-electron chi connectivity index (χ3n) is 4.88. The fraction of sp³-hybridized carbons (Fsp3) is 0.450. The normalized spacial score (nSPS) is 15.1. The summed E-state index contributed by atoms with van der Waals surface area (Å²) in [5.74, 6) is 0.428. The number of aromatic nitrogens is 2. The molecule has 2 N–H and O–H groups in total. The molecule has 0 spiro atoms. The summed E-state index contributed by atoms with van der Waals surface area (Å²) in [6.45, 7) is 10.4. The Balaban J connectivity index is 1.91. The molecule has 1 aliphatic heterocycles. The lowest BCUT2D eigenvalue weighted by molar-refractivity contribution is -0.122. The minimum absolute atomic E-state index is 0.118. The molecule has 1 aromatic carbocycles. The highest BCUT2D eigenvalue weighted by molar-refractivity contribution is 6.09. The molecule has 0 aliphatic carbocycles. The molecule has 0 unspecified atom stereocenters. The number of anilines is 2. The molecule has 0 radical (unpaired) electrons. The topological polar surface area (TPSA) is 87.3 Å². The van der Waals surface area contributed by atoms with Gasteiger partial charge in [-0.05, 0) is 38.0 Å². The molecule has 2 heterocycles. The molecular weight excluding hydrogens is 344 g/mol. The Morgan fingerprint density at radius 2 is 2.19 bits per heavy atom. The maximum absolute atomic E-state index is 12.9. The Hall–Kier alpha value is -2.83. The number of aromatic amines is 1. The van der Waals surface area contributed by atoms with Gasteiger partial charge in [0.05, 0.1) is 22.1 Å². The first-order chi connectivity index (χ1) is 12.9. The second-order valence-electron chi connectivity index (χ2n) is 7.27. The Labute approximate surface area is 158 Å². The number of fused-ring (bicyclic) bond motifs is 2. The van der Waals surface area contributed by atoms with Gasteiger partial charge in [0.2, 0.25) is 11.9 Å². The highest BCUT2D eigenvalue weighted by Crippen LogP contribution is 2.43. The summed E-state index contributed by atoms with van der Waals surface area (Å²) < 4.78 is 4.91. The van der Waals surface area contributed by atoms with Crippen LogP contribution in [0.2, 0.25) is 0 Å². The third-order valence-corrected chi connectivity index (χ3v) is 4.88. The summed E-state index contributed by atoms with van der Waals surface area (Å²) in [6.07, 6.45) is 4.06. The monoisotopic (exact) mass is 370 g/mol. The maximum atomic E-state index is 12.9. The van der Waals surface area contributed by atoms with Crippen molar-refractivity contribution in [1.29, 1.82) is 0 Å². The van der Waals surface area contributed by atoms with Gasteiger partial charge in [-0.2, -0.15) is 0 Å². The van der Waals surface area contributed by atoms with Crippen molar-refractivity contribution in [2.24, 2.45) is 0 Å². The number of nitrogens with one attached hydrogen (secondary N) is 2. The molecule has 3 rings (SSSR count). The molecule has 1 aliphatic rings. The minimum atomic E-state index is -0.599. The number of amides is 2. The van der Waals surface area contributed by atoms with Crippen molar-refractivity contribution in [3.05, 3.63) is 30.4 Å². The van der Waals surface area contributed by atoms with Crippen molar-refractivity contribution < 1.29 is 14.3 Å². The molecule has 0 atom stereocenters. The Bertz CT molecular complexity index is 885. The molecule has 2 amide bonds. The van der Waals surface area contributed by atoms with Gasteiger partial charge >= 0.3 is 6.09 Å². The molecule has 144 valence electrons. The van der Waals surface area contributed by atoms with Gasteiger partial charge in [0.1, 0.15) is 6.61 Å². The molecule has 2 aromatic rings. The average Bonchev–Trinajstić information content (AvgIpc) is 3.10. The summed E-state index contributed by atoms with van der Waals surface area (Å²) in [5.41, 5.74) is 2.75. The van der Waals surface area contributed by atoms with Crippen LogP contribution in [0.25, 0.3) is 11.0 Å². The molecule has 0 saturated heterocycles. The van der Waals surface area contributed by atoms with Gasteiger partial charge in [-0.1, -0.05) is 32.4 Å². The Morgan fingerprint density at radius 1 is 1.41 bits per heavy atom. The lowest BCUT2D eigenvalue weighted by Crippen LogP contribution is -2.36. The summed E-state index contributed by atoms with van der Waals surface area (Å²) in [4.78, 5) is 34.0. The number of hydrogen-bond donors (Lipinski definition) is 2. The Morgan fingerprint density at radius 3 is 2.89 bits per heavy atom. The fourth-order valence-corrected chi connectivity index (χ4v) is 3.40. The van der Waals surface area contributed by atoms with E-state index in [1.165, 1.54) is 6.08 Å². The van der Waals surface area contributed by atoms with Gasteiger partial charge in [-0.3, -0.25) is 10.1 Å². The van der Waals surface area contributed by atoms with Gasteiger partial charge in [0.25, 0.3) is 0 Å². The first-order valence-electron chi connectivity index (χ1n) is 9.29. The molecule has 1 aromatic heterocycles. The van der Waals surface area contributed by atoms with E-state index < -0.39 is 11.5 Å². The first kappa shape index (κ1) is 18.9. The van der Waals surface area contributed by atoms with Crippen LogP contribution in [-0.4, -0.2) is 35.1 Å². The van der Waals surface area contributed by atoms with E-state index in [1.807, 2.05) is 30.9 Å². The van der Waals surface area contributed by atoms with Crippen LogP contribution in [0, 0.1) is 0 Å². The second kappa shape index (κ2) is 7.42. The minimum Gasteiger partial charge on any atom is -0.445 e. The van der Waals surface area contributed by atoms with Crippen molar-refractivity contribution in [2.75, 3.05) is 23.4 Å². The predicted molar refractivity (Wildman–Crippen MR) is 106 cm³/mol. The van der Waals surface area contributed by atoms with Gasteiger partial charge < -0.3 is 14.6 Å². The maximum Gasteiger partial charge on any atom is 0.414 e. The molecule has 7 nitrogen and oxygen atoms in total. The van der Waals surface area contributed by atoms with E-state index in [4.69, 9.17) is 4.74 Å². The van der Waals surface area contributed by atoms with E-state index >= 15 is 0 Å². The summed E-state index contributed by atoms with van der Waals surface area (Å²) in [7, 11) is 0. The van der Waals surface area contributed by atoms with Gasteiger partial charge in [-0.15, -0.1) is 0 Å². The van der Waals surface area contributed by atoms with Gasteiger partial charge in [0.15, 0.2) is 0 Å². The van der Waals surface area contributed by atoms with Crippen molar-refractivity contribution >= 4 is 34.7 Å². The zero-order valence-corrected chi connectivity index (χ0v) is 16.1. The molecular formula is C20H26N4O3. The van der Waals surface area contributed by atoms with Gasteiger partial charge in [0, 0.05) is 6.54 Å². The number of imidazole rings is 1. The highest BCUT2D eigenvalue weighted by atomic mass is 16.5. The smallest absolute Gasteiger partial charge is 0.414 e. The lowest BCUT2D eigenvalue weighted by atomic mass is 9.86. The fourth-order valence-electron chi connectivity index (χ4n) is 3.40. The second-order valence-corrected chi connectivity index (χ2v) is 7.27. The summed E-state index contributed by atoms with van der Waals surface area (Å²) in [6, 6.07) is 3.87. The van der Waals surface area contributed by atoms with Crippen molar-refractivity contribution in [3.8, 4) is 0 Å². The van der Waals surface area contributed by atoms with Crippen LogP contribution in [-0.2, 0) is 14.9 Å². The molecule has 0 fully saturated rings. The van der Waals surface area contributed by atoms with E-state index in [2.05, 4.69) is 28.8 Å². The Kier molecular flexibility index (Phi) is 5.21. The summed E-state index contributed by atoms with van der Waals surface area (Å²) in [5, 5.41) is 2.57. The third kappa shape index (κ3) is 3.54. The number of carbonyl (C=O) groups is 2. The number of H-pyrrole nitrogens is 1. The summed E-state index contributed by atoms with van der Waals surface area (Å²) >= 11 is 0. The number of nitrogens with zero attached hydrogens (tertiary/aromatic N) is 2. The van der Waals surface area contributed by atoms with Crippen LogP contribution in [0.15, 0.2) is 24.8 Å². The van der Waals surface area contributed by atoms with Crippen LogP contribution < -0.4 is 10.2 Å². The van der Waals surface area contributed by atoms with Crippen LogP contribution in [0.5, 0.6) is 0 Å². The van der Waals surface area contributed by atoms with Crippen LogP contribution in [0.4, 0.5) is 16.4 Å². The average molecular weight is 370 g/mol. The molecule has 7 heteroatoms. The number of ether oxygens (including phenoxy) is 1. The predicted octanol–water partition coefficient (Wildman–Crippen LogP) is 4.11. The van der Waals surface area contributed by atoms with E-state index in [0.717, 1.165) is 36.0 Å². The number of rotatable bonds is 7. The van der Waals surface area contributed by atoms with Crippen molar-refractivity contribution in [2.45, 2.75) is 45.4 Å². The quantitative estimate of drug-likeness (QED) is 0.567. The van der Waals surface area contributed by atoms with Crippen LogP contribution in [0.1, 0.15) is 45.6 Å². The zero-order chi connectivity index (χ0) is 19.6. The number of benzene rings is 1. The lowest BCUT2D eigenvalue weighted by Gasteiger charge is -2.20. The largest absolute Gasteiger partial charge is 0.445 e. The van der Waals surface area contributed by atoms with Crippen LogP contribution >= 0.6 is 0 Å². The zero-order valence-electron chi connectivity index (χ0n) is 16.1.